The van der Waals surface area contributed by atoms with Crippen molar-refractivity contribution in [2.45, 2.75) is 13.1 Å². The molecule has 1 saturated heterocycles. The lowest BCUT2D eigenvalue weighted by molar-refractivity contribution is 0.195. The van der Waals surface area contributed by atoms with Crippen LogP contribution in [-0.4, -0.2) is 70.4 Å². The molecule has 2 aliphatic heterocycles. The van der Waals surface area contributed by atoms with Crippen LogP contribution in [0.3, 0.4) is 0 Å². The van der Waals surface area contributed by atoms with Crippen LogP contribution < -0.4 is 15.9 Å². The number of piperazine rings is 1. The van der Waals surface area contributed by atoms with Gasteiger partial charge < -0.3 is 20.0 Å². The fraction of sp³-hybridized carbons (Fsp3) is 0.471. The Bertz CT molecular complexity index is 851. The zero-order valence-electron chi connectivity index (χ0n) is 14.8. The van der Waals surface area contributed by atoms with Gasteiger partial charge in [-0.15, -0.1) is 0 Å². The SMILES string of the molecule is CN1CCN(c2ccccc2NC(=O)N2CCn3c(n[nH]c3=O)C2)CC1. The van der Waals surface area contributed by atoms with Crippen LogP contribution in [0.2, 0.25) is 0 Å². The first kappa shape index (κ1) is 16.6. The molecule has 9 heteroatoms. The Morgan fingerprint density at radius 1 is 1.12 bits per heavy atom. The summed E-state index contributed by atoms with van der Waals surface area (Å²) in [7, 11) is 2.12. The van der Waals surface area contributed by atoms with Gasteiger partial charge in [0.25, 0.3) is 0 Å². The third kappa shape index (κ3) is 3.17. The number of urea groups is 1. The van der Waals surface area contributed by atoms with E-state index in [4.69, 9.17) is 0 Å². The summed E-state index contributed by atoms with van der Waals surface area (Å²) in [6, 6.07) is 7.72. The van der Waals surface area contributed by atoms with E-state index in [2.05, 4.69) is 32.4 Å². The Morgan fingerprint density at radius 2 is 1.88 bits per heavy atom. The van der Waals surface area contributed by atoms with E-state index in [-0.39, 0.29) is 11.7 Å². The van der Waals surface area contributed by atoms with E-state index in [1.165, 1.54) is 0 Å². The molecule has 9 nitrogen and oxygen atoms in total. The number of nitrogens with zero attached hydrogens (tertiary/aromatic N) is 5. The second kappa shape index (κ2) is 6.83. The molecule has 3 heterocycles. The van der Waals surface area contributed by atoms with Gasteiger partial charge in [-0.3, -0.25) is 4.57 Å². The molecule has 2 aliphatic rings. The Labute approximate surface area is 151 Å². The van der Waals surface area contributed by atoms with Gasteiger partial charge >= 0.3 is 11.7 Å². The van der Waals surface area contributed by atoms with E-state index in [9.17, 15) is 9.59 Å². The molecule has 0 radical (unpaired) electrons. The van der Waals surface area contributed by atoms with Crippen molar-refractivity contribution in [3.05, 3.63) is 40.6 Å². The summed E-state index contributed by atoms with van der Waals surface area (Å²) in [6.45, 7) is 5.14. The number of aromatic amines is 1. The largest absolute Gasteiger partial charge is 0.367 e. The maximum Gasteiger partial charge on any atom is 0.343 e. The number of rotatable bonds is 2. The normalized spacial score (nSPS) is 17.9. The van der Waals surface area contributed by atoms with Crippen LogP contribution in [0.4, 0.5) is 16.2 Å². The van der Waals surface area contributed by atoms with Crippen molar-refractivity contribution in [3.63, 3.8) is 0 Å². The predicted octanol–water partition coefficient (Wildman–Crippen LogP) is 0.371. The van der Waals surface area contributed by atoms with Crippen molar-refractivity contribution < 1.29 is 4.79 Å². The molecule has 2 amide bonds. The van der Waals surface area contributed by atoms with E-state index in [0.717, 1.165) is 37.6 Å². The lowest BCUT2D eigenvalue weighted by atomic mass is 10.2. The molecular formula is C17H23N7O2. The number of para-hydroxylation sites is 2. The minimum Gasteiger partial charge on any atom is -0.367 e. The molecule has 1 fully saturated rings. The van der Waals surface area contributed by atoms with Gasteiger partial charge in [-0.2, -0.15) is 5.10 Å². The fourth-order valence-electron chi connectivity index (χ4n) is 3.44. The summed E-state index contributed by atoms with van der Waals surface area (Å²) in [4.78, 5) is 30.6. The summed E-state index contributed by atoms with van der Waals surface area (Å²) in [5.41, 5.74) is 1.63. The molecule has 0 bridgehead atoms. The molecule has 26 heavy (non-hydrogen) atoms. The van der Waals surface area contributed by atoms with Crippen LogP contribution in [0.1, 0.15) is 5.82 Å². The minimum absolute atomic E-state index is 0.173. The number of hydrogen-bond donors (Lipinski definition) is 2. The molecule has 2 aromatic rings. The average Bonchev–Trinajstić information content (AvgIpc) is 3.03. The van der Waals surface area contributed by atoms with Gasteiger partial charge in [0.15, 0.2) is 5.82 Å². The van der Waals surface area contributed by atoms with Crippen molar-refractivity contribution in [2.75, 3.05) is 50.0 Å². The van der Waals surface area contributed by atoms with E-state index in [1.54, 1.807) is 9.47 Å². The number of nitrogens with one attached hydrogen (secondary N) is 2. The summed E-state index contributed by atoms with van der Waals surface area (Å²) in [5.74, 6) is 0.587. The third-order valence-corrected chi connectivity index (χ3v) is 5.04. The van der Waals surface area contributed by atoms with Crippen molar-refractivity contribution in [1.29, 1.82) is 0 Å². The predicted molar refractivity (Wildman–Crippen MR) is 98.4 cm³/mol. The quantitative estimate of drug-likeness (QED) is 0.811. The van der Waals surface area contributed by atoms with Crippen LogP contribution in [0.15, 0.2) is 29.1 Å². The first-order chi connectivity index (χ1) is 12.6. The maximum absolute atomic E-state index is 12.7. The monoisotopic (exact) mass is 357 g/mol. The Morgan fingerprint density at radius 3 is 2.69 bits per heavy atom. The summed E-state index contributed by atoms with van der Waals surface area (Å²) in [5, 5.41) is 9.45. The molecule has 1 aromatic carbocycles. The molecule has 0 atom stereocenters. The van der Waals surface area contributed by atoms with E-state index in [0.29, 0.717) is 25.5 Å². The highest BCUT2D eigenvalue weighted by molar-refractivity contribution is 5.93. The van der Waals surface area contributed by atoms with Crippen molar-refractivity contribution >= 4 is 17.4 Å². The molecule has 138 valence electrons. The zero-order chi connectivity index (χ0) is 18.1. The van der Waals surface area contributed by atoms with Gasteiger partial charge in [-0.05, 0) is 19.2 Å². The molecular weight excluding hydrogens is 334 g/mol. The van der Waals surface area contributed by atoms with Crippen LogP contribution in [0.5, 0.6) is 0 Å². The van der Waals surface area contributed by atoms with Gasteiger partial charge in [-0.1, -0.05) is 12.1 Å². The lowest BCUT2D eigenvalue weighted by Crippen LogP contribution is -2.45. The van der Waals surface area contributed by atoms with E-state index < -0.39 is 0 Å². The van der Waals surface area contributed by atoms with Crippen molar-refractivity contribution in [3.8, 4) is 0 Å². The number of fused-ring (bicyclic) bond motifs is 1. The van der Waals surface area contributed by atoms with Crippen LogP contribution >= 0.6 is 0 Å². The zero-order valence-corrected chi connectivity index (χ0v) is 14.8. The number of carbonyl (C=O) groups is 1. The minimum atomic E-state index is -0.222. The number of anilines is 2. The standard InChI is InChI=1S/C17H23N7O2/c1-21-6-8-22(9-7-21)14-5-3-2-4-13(14)18-16(25)23-10-11-24-15(12-23)19-20-17(24)26/h2-5H,6-12H2,1H3,(H,18,25)(H,20,26). The van der Waals surface area contributed by atoms with Gasteiger partial charge in [0.2, 0.25) is 0 Å². The number of H-pyrrole nitrogens is 1. The summed E-state index contributed by atoms with van der Waals surface area (Å²) in [6.07, 6.45) is 0. The van der Waals surface area contributed by atoms with Crippen LogP contribution in [0, 0.1) is 0 Å². The molecule has 0 saturated carbocycles. The third-order valence-electron chi connectivity index (χ3n) is 5.04. The molecule has 0 spiro atoms. The van der Waals surface area contributed by atoms with E-state index in [1.807, 2.05) is 24.3 Å². The number of aromatic nitrogens is 3. The van der Waals surface area contributed by atoms with Crippen molar-refractivity contribution in [1.82, 2.24) is 24.6 Å². The Hall–Kier alpha value is -2.81. The van der Waals surface area contributed by atoms with Crippen LogP contribution in [0.25, 0.3) is 0 Å². The lowest BCUT2D eigenvalue weighted by Gasteiger charge is -2.35. The van der Waals surface area contributed by atoms with Gasteiger partial charge in [0, 0.05) is 39.3 Å². The second-order valence-electron chi connectivity index (χ2n) is 6.76. The average molecular weight is 357 g/mol. The Kier molecular flexibility index (Phi) is 4.37. The highest BCUT2D eigenvalue weighted by atomic mass is 16.2. The molecule has 1 aromatic heterocycles. The first-order valence-corrected chi connectivity index (χ1v) is 8.84. The molecule has 4 rings (SSSR count). The number of carbonyl (C=O) groups excluding carboxylic acids is 1. The molecule has 2 N–H and O–H groups in total. The Balaban J connectivity index is 1.47. The first-order valence-electron chi connectivity index (χ1n) is 8.84. The summed E-state index contributed by atoms with van der Waals surface area (Å²) >= 11 is 0. The number of hydrogen-bond acceptors (Lipinski definition) is 5. The molecule has 0 unspecified atom stereocenters. The number of likely N-dealkylation sites (N-methyl/N-ethyl adjacent to an activating group) is 1. The van der Waals surface area contributed by atoms with Gasteiger partial charge in [0.1, 0.15) is 0 Å². The fourth-order valence-corrected chi connectivity index (χ4v) is 3.44. The maximum atomic E-state index is 12.7. The summed E-state index contributed by atoms with van der Waals surface area (Å²) < 4.78 is 1.57. The molecule has 0 aliphatic carbocycles. The van der Waals surface area contributed by atoms with Gasteiger partial charge in [-0.25, -0.2) is 14.7 Å². The van der Waals surface area contributed by atoms with Crippen molar-refractivity contribution in [2.24, 2.45) is 0 Å². The van der Waals surface area contributed by atoms with E-state index >= 15 is 0 Å². The van der Waals surface area contributed by atoms with Crippen LogP contribution in [-0.2, 0) is 13.1 Å². The number of benzene rings is 1. The second-order valence-corrected chi connectivity index (χ2v) is 6.76. The highest BCUT2D eigenvalue weighted by Gasteiger charge is 2.24. The smallest absolute Gasteiger partial charge is 0.343 e. The topological polar surface area (TPSA) is 89.5 Å². The van der Waals surface area contributed by atoms with Gasteiger partial charge in [0.05, 0.1) is 17.9 Å². The highest BCUT2D eigenvalue weighted by Crippen LogP contribution is 2.27. The number of amides is 2.